The van der Waals surface area contributed by atoms with E-state index < -0.39 is 9.84 Å². The molecule has 0 bridgehead atoms. The van der Waals surface area contributed by atoms with Crippen LogP contribution in [0.3, 0.4) is 0 Å². The maximum absolute atomic E-state index is 12.6. The van der Waals surface area contributed by atoms with Gasteiger partial charge in [0.15, 0.2) is 9.84 Å². The van der Waals surface area contributed by atoms with Gasteiger partial charge in [0.05, 0.1) is 17.3 Å². The van der Waals surface area contributed by atoms with Gasteiger partial charge in [-0.2, -0.15) is 0 Å². The van der Waals surface area contributed by atoms with Gasteiger partial charge in [-0.1, -0.05) is 24.6 Å². The summed E-state index contributed by atoms with van der Waals surface area (Å²) >= 11 is 0. The number of hydrogen-bond acceptors (Lipinski definition) is 6. The Morgan fingerprint density at radius 2 is 1.87 bits per heavy atom. The van der Waals surface area contributed by atoms with Gasteiger partial charge in [-0.25, -0.2) is 8.42 Å². The number of piperidine rings is 1. The third-order valence-electron chi connectivity index (χ3n) is 6.08. The van der Waals surface area contributed by atoms with E-state index in [1.54, 1.807) is 35.2 Å². The Labute approximate surface area is 179 Å². The summed E-state index contributed by atoms with van der Waals surface area (Å²) in [5.41, 5.74) is 0. The minimum absolute atomic E-state index is 0.00884. The maximum atomic E-state index is 12.6. The molecule has 0 radical (unpaired) electrons. The minimum atomic E-state index is -3.42. The predicted molar refractivity (Wildman–Crippen MR) is 114 cm³/mol. The number of ether oxygens (including phenoxy) is 1. The first-order valence-corrected chi connectivity index (χ1v) is 12.6. The number of benzene rings is 1. The Morgan fingerprint density at radius 1 is 1.10 bits per heavy atom. The molecule has 1 aromatic carbocycles. The number of hydrogen-bond donors (Lipinski definition) is 0. The molecule has 7 nitrogen and oxygen atoms in total. The van der Waals surface area contributed by atoms with Crippen molar-refractivity contribution in [3.8, 4) is 0 Å². The van der Waals surface area contributed by atoms with Gasteiger partial charge in [-0.05, 0) is 51.3 Å². The summed E-state index contributed by atoms with van der Waals surface area (Å²) in [7, 11) is -3.42. The van der Waals surface area contributed by atoms with E-state index in [0.29, 0.717) is 26.0 Å². The van der Waals surface area contributed by atoms with Crippen LogP contribution in [0.5, 0.6) is 0 Å². The zero-order valence-electron chi connectivity index (χ0n) is 17.7. The van der Waals surface area contributed by atoms with Crippen LogP contribution in [-0.2, 0) is 24.2 Å². The second-order valence-corrected chi connectivity index (χ2v) is 10.1. The summed E-state index contributed by atoms with van der Waals surface area (Å²) in [4.78, 5) is 29.2. The molecule has 8 heteroatoms. The van der Waals surface area contributed by atoms with E-state index in [1.165, 1.54) is 0 Å². The van der Waals surface area contributed by atoms with E-state index in [0.717, 1.165) is 32.2 Å². The first-order valence-electron chi connectivity index (χ1n) is 10.9. The SMILES string of the molecule is CCOC(=O)[C@H]1CCCCN1[C@H]1CCC(=O)N(CCS(=O)(=O)c2ccccc2)CC1. The predicted octanol–water partition coefficient (Wildman–Crippen LogP) is 2.26. The van der Waals surface area contributed by atoms with Crippen LogP contribution in [-0.4, -0.2) is 74.2 Å². The van der Waals surface area contributed by atoms with Gasteiger partial charge >= 0.3 is 5.97 Å². The highest BCUT2D eigenvalue weighted by Crippen LogP contribution is 2.26. The molecule has 2 aliphatic heterocycles. The van der Waals surface area contributed by atoms with Gasteiger partial charge in [-0.3, -0.25) is 14.5 Å². The normalized spacial score (nSPS) is 23.8. The van der Waals surface area contributed by atoms with E-state index in [2.05, 4.69) is 4.90 Å². The lowest BCUT2D eigenvalue weighted by Gasteiger charge is -2.39. The molecule has 30 heavy (non-hydrogen) atoms. The third-order valence-corrected chi connectivity index (χ3v) is 7.79. The molecule has 2 aliphatic rings. The first-order chi connectivity index (χ1) is 14.4. The molecule has 0 saturated carbocycles. The molecule has 0 unspecified atom stereocenters. The lowest BCUT2D eigenvalue weighted by molar-refractivity contribution is -0.152. The van der Waals surface area contributed by atoms with Crippen LogP contribution in [0.2, 0.25) is 0 Å². The molecule has 2 saturated heterocycles. The van der Waals surface area contributed by atoms with E-state index >= 15 is 0 Å². The number of carbonyl (C=O) groups is 2. The van der Waals surface area contributed by atoms with Crippen LogP contribution < -0.4 is 0 Å². The number of likely N-dealkylation sites (tertiary alicyclic amines) is 2. The summed E-state index contributed by atoms with van der Waals surface area (Å²) in [5, 5.41) is 0. The molecular weight excluding hydrogens is 404 g/mol. The molecule has 3 rings (SSSR count). The minimum Gasteiger partial charge on any atom is -0.465 e. The summed E-state index contributed by atoms with van der Waals surface area (Å²) < 4.78 is 30.4. The number of carbonyl (C=O) groups excluding carboxylic acids is 2. The molecule has 0 spiro atoms. The highest BCUT2D eigenvalue weighted by Gasteiger charge is 2.36. The Hall–Kier alpha value is -1.93. The van der Waals surface area contributed by atoms with Crippen LogP contribution in [0.4, 0.5) is 0 Å². The standard InChI is InChI=1S/C22H32N2O5S/c1-2-29-22(26)20-10-6-7-14-24(20)18-11-12-21(25)23(15-13-18)16-17-30(27,28)19-8-4-3-5-9-19/h3-5,8-9,18,20H,2,6-7,10-17H2,1H3/t18-,20+/m0/s1. The number of rotatable bonds is 7. The molecule has 2 atom stereocenters. The summed E-state index contributed by atoms with van der Waals surface area (Å²) in [5.74, 6) is -0.258. The van der Waals surface area contributed by atoms with Crippen molar-refractivity contribution in [3.05, 3.63) is 30.3 Å². The fraction of sp³-hybridized carbons (Fsp3) is 0.636. The van der Waals surface area contributed by atoms with Crippen molar-refractivity contribution in [3.63, 3.8) is 0 Å². The molecule has 0 aliphatic carbocycles. The summed E-state index contributed by atoms with van der Waals surface area (Å²) in [6.07, 6.45) is 4.66. The largest absolute Gasteiger partial charge is 0.465 e. The van der Waals surface area contributed by atoms with Crippen molar-refractivity contribution in [1.29, 1.82) is 0 Å². The van der Waals surface area contributed by atoms with E-state index in [4.69, 9.17) is 4.74 Å². The Bertz CT molecular complexity index is 827. The molecule has 1 aromatic rings. The molecule has 166 valence electrons. The summed E-state index contributed by atoms with van der Waals surface area (Å²) in [6, 6.07) is 8.26. The van der Waals surface area contributed by atoms with Gasteiger partial charge in [0, 0.05) is 25.6 Å². The second kappa shape index (κ2) is 10.4. The fourth-order valence-corrected chi connectivity index (χ4v) is 5.72. The van der Waals surface area contributed by atoms with Crippen LogP contribution in [0.1, 0.15) is 45.4 Å². The van der Waals surface area contributed by atoms with Crippen molar-refractivity contribution < 1.29 is 22.7 Å². The van der Waals surface area contributed by atoms with Crippen LogP contribution in [0.15, 0.2) is 35.2 Å². The average Bonchev–Trinajstić information content (AvgIpc) is 2.94. The number of sulfone groups is 1. The van der Waals surface area contributed by atoms with Gasteiger partial charge in [0.2, 0.25) is 5.91 Å². The Morgan fingerprint density at radius 3 is 2.60 bits per heavy atom. The van der Waals surface area contributed by atoms with Gasteiger partial charge in [0.1, 0.15) is 6.04 Å². The van der Waals surface area contributed by atoms with Gasteiger partial charge in [-0.15, -0.1) is 0 Å². The monoisotopic (exact) mass is 436 g/mol. The highest BCUT2D eigenvalue weighted by atomic mass is 32.2. The quantitative estimate of drug-likeness (QED) is 0.610. The zero-order chi connectivity index (χ0) is 21.6. The van der Waals surface area contributed by atoms with Crippen molar-refractivity contribution in [2.24, 2.45) is 0 Å². The van der Waals surface area contributed by atoms with Crippen LogP contribution in [0.25, 0.3) is 0 Å². The molecule has 1 amide bonds. The average molecular weight is 437 g/mol. The smallest absolute Gasteiger partial charge is 0.323 e. The molecule has 0 aromatic heterocycles. The van der Waals surface area contributed by atoms with Crippen molar-refractivity contribution in [2.45, 2.75) is 62.4 Å². The third kappa shape index (κ3) is 5.60. The van der Waals surface area contributed by atoms with E-state index in [1.807, 2.05) is 6.92 Å². The number of amides is 1. The van der Waals surface area contributed by atoms with Crippen LogP contribution >= 0.6 is 0 Å². The van der Waals surface area contributed by atoms with Crippen molar-refractivity contribution in [2.75, 3.05) is 32.0 Å². The Balaban J connectivity index is 1.61. The summed E-state index contributed by atoms with van der Waals surface area (Å²) in [6.45, 7) is 3.74. The fourth-order valence-electron chi connectivity index (χ4n) is 4.45. The maximum Gasteiger partial charge on any atom is 0.323 e. The van der Waals surface area contributed by atoms with Crippen LogP contribution in [0, 0.1) is 0 Å². The van der Waals surface area contributed by atoms with E-state index in [-0.39, 0.29) is 41.2 Å². The lowest BCUT2D eigenvalue weighted by Crippen LogP contribution is -2.51. The molecule has 2 fully saturated rings. The topological polar surface area (TPSA) is 84.0 Å². The Kier molecular flexibility index (Phi) is 7.88. The zero-order valence-corrected chi connectivity index (χ0v) is 18.5. The van der Waals surface area contributed by atoms with Crippen molar-refractivity contribution >= 4 is 21.7 Å². The number of esters is 1. The van der Waals surface area contributed by atoms with Gasteiger partial charge < -0.3 is 9.64 Å². The lowest BCUT2D eigenvalue weighted by atomic mass is 9.96. The molecular formula is C22H32N2O5S. The highest BCUT2D eigenvalue weighted by molar-refractivity contribution is 7.91. The molecule has 2 heterocycles. The first kappa shape index (κ1) is 22.7. The van der Waals surface area contributed by atoms with Gasteiger partial charge in [0.25, 0.3) is 0 Å². The molecule has 0 N–H and O–H groups in total. The second-order valence-electron chi connectivity index (χ2n) is 8.00. The van der Waals surface area contributed by atoms with E-state index in [9.17, 15) is 18.0 Å². The van der Waals surface area contributed by atoms with Crippen molar-refractivity contribution in [1.82, 2.24) is 9.80 Å². The number of nitrogens with zero attached hydrogens (tertiary/aromatic N) is 2.